The zero-order valence-electron chi connectivity index (χ0n) is 11.9. The highest BCUT2D eigenvalue weighted by molar-refractivity contribution is 5.87. The van der Waals surface area contributed by atoms with Gasteiger partial charge in [0.2, 0.25) is 0 Å². The highest BCUT2D eigenvalue weighted by atomic mass is 16.5. The summed E-state index contributed by atoms with van der Waals surface area (Å²) < 4.78 is 5.77. The van der Waals surface area contributed by atoms with Crippen molar-refractivity contribution in [2.75, 3.05) is 19.7 Å². The molecule has 1 aromatic rings. The minimum absolute atomic E-state index is 0.0118. The van der Waals surface area contributed by atoms with Crippen molar-refractivity contribution in [2.45, 2.75) is 32.1 Å². The van der Waals surface area contributed by atoms with Gasteiger partial charge in [0.25, 0.3) is 0 Å². The Morgan fingerprint density at radius 3 is 2.60 bits per heavy atom. The second-order valence-corrected chi connectivity index (χ2v) is 5.85. The number of aliphatic hydroxyl groups excluding tert-OH is 1. The normalized spacial score (nSPS) is 22.6. The number of rotatable bonds is 4. The fourth-order valence-corrected chi connectivity index (χ4v) is 2.64. The van der Waals surface area contributed by atoms with E-state index in [-0.39, 0.29) is 18.3 Å². The number of carboxylic acid groups (broad SMARTS) is 1. The number of benzene rings is 1. The molecule has 2 N–H and O–H groups in total. The summed E-state index contributed by atoms with van der Waals surface area (Å²) in [5.74, 6) is -0.913. The van der Waals surface area contributed by atoms with Crippen molar-refractivity contribution in [1.29, 1.82) is 0 Å². The van der Waals surface area contributed by atoms with Crippen LogP contribution in [0.3, 0.4) is 0 Å². The number of hydrogen-bond donors (Lipinski definition) is 2. The quantitative estimate of drug-likeness (QED) is 0.871. The third kappa shape index (κ3) is 3.79. The van der Waals surface area contributed by atoms with Crippen LogP contribution in [0.1, 0.15) is 29.8 Å². The molecule has 0 radical (unpaired) electrons. The molecule has 1 aromatic carbocycles. The highest BCUT2D eigenvalue weighted by Gasteiger charge is 2.32. The van der Waals surface area contributed by atoms with Crippen molar-refractivity contribution in [3.63, 3.8) is 0 Å². The van der Waals surface area contributed by atoms with E-state index in [0.717, 1.165) is 18.7 Å². The standard InChI is InChI=1S/C15H21NO4/c1-15(2)10-16(8-13(9-17)20-15)7-11-3-5-12(6-4-11)14(18)19/h3-6,13,17H,7-10H2,1-2H3,(H,18,19). The molecule has 1 unspecified atom stereocenters. The van der Waals surface area contributed by atoms with Crippen molar-refractivity contribution in [2.24, 2.45) is 0 Å². The summed E-state index contributed by atoms with van der Waals surface area (Å²) in [5, 5.41) is 18.2. The Balaban J connectivity index is 2.03. The first-order chi connectivity index (χ1) is 9.39. The van der Waals surface area contributed by atoms with Gasteiger partial charge in [0, 0.05) is 19.6 Å². The van der Waals surface area contributed by atoms with Crippen LogP contribution in [0.5, 0.6) is 0 Å². The maximum atomic E-state index is 10.8. The van der Waals surface area contributed by atoms with Gasteiger partial charge >= 0.3 is 5.97 Å². The third-order valence-electron chi connectivity index (χ3n) is 3.36. The number of carboxylic acids is 1. The smallest absolute Gasteiger partial charge is 0.335 e. The molecule has 0 saturated carbocycles. The van der Waals surface area contributed by atoms with Crippen LogP contribution in [0.15, 0.2) is 24.3 Å². The summed E-state index contributed by atoms with van der Waals surface area (Å²) in [6.07, 6.45) is -0.169. The van der Waals surface area contributed by atoms with Crippen molar-refractivity contribution in [3.8, 4) is 0 Å². The Morgan fingerprint density at radius 1 is 1.40 bits per heavy atom. The van der Waals surface area contributed by atoms with Crippen molar-refractivity contribution in [3.05, 3.63) is 35.4 Å². The fourth-order valence-electron chi connectivity index (χ4n) is 2.64. The molecule has 1 aliphatic heterocycles. The molecule has 0 aliphatic carbocycles. The molecule has 5 heteroatoms. The molecule has 1 heterocycles. The lowest BCUT2D eigenvalue weighted by atomic mass is 10.0. The molecule has 1 saturated heterocycles. The van der Waals surface area contributed by atoms with E-state index in [4.69, 9.17) is 9.84 Å². The Kier molecular flexibility index (Phi) is 4.42. The molecule has 1 atom stereocenters. The van der Waals surface area contributed by atoms with Crippen molar-refractivity contribution < 1.29 is 19.7 Å². The number of aliphatic hydroxyl groups is 1. The van der Waals surface area contributed by atoms with E-state index < -0.39 is 5.97 Å². The van der Waals surface area contributed by atoms with E-state index in [9.17, 15) is 9.90 Å². The molecule has 1 aliphatic rings. The van der Waals surface area contributed by atoms with Crippen LogP contribution in [-0.2, 0) is 11.3 Å². The Labute approximate surface area is 118 Å². The maximum Gasteiger partial charge on any atom is 0.335 e. The van der Waals surface area contributed by atoms with E-state index in [1.165, 1.54) is 0 Å². The first-order valence-electron chi connectivity index (χ1n) is 6.73. The third-order valence-corrected chi connectivity index (χ3v) is 3.36. The van der Waals surface area contributed by atoms with Gasteiger partial charge in [-0.2, -0.15) is 0 Å². The van der Waals surface area contributed by atoms with Gasteiger partial charge in [0.15, 0.2) is 0 Å². The first-order valence-corrected chi connectivity index (χ1v) is 6.73. The molecule has 0 amide bonds. The monoisotopic (exact) mass is 279 g/mol. The lowest BCUT2D eigenvalue weighted by Crippen LogP contribution is -2.53. The van der Waals surface area contributed by atoms with Gasteiger partial charge in [-0.3, -0.25) is 4.90 Å². The molecule has 5 nitrogen and oxygen atoms in total. The number of morpholine rings is 1. The molecule has 0 spiro atoms. The molecule has 0 aromatic heterocycles. The summed E-state index contributed by atoms with van der Waals surface area (Å²) in [5.41, 5.74) is 1.07. The van der Waals surface area contributed by atoms with Gasteiger partial charge in [-0.15, -0.1) is 0 Å². The summed E-state index contributed by atoms with van der Waals surface area (Å²) in [7, 11) is 0. The van der Waals surface area contributed by atoms with E-state index >= 15 is 0 Å². The maximum absolute atomic E-state index is 10.8. The van der Waals surface area contributed by atoms with Crippen LogP contribution in [0.25, 0.3) is 0 Å². The lowest BCUT2D eigenvalue weighted by molar-refractivity contribution is -0.150. The van der Waals surface area contributed by atoms with Crippen LogP contribution < -0.4 is 0 Å². The van der Waals surface area contributed by atoms with Gasteiger partial charge in [0.1, 0.15) is 0 Å². The second-order valence-electron chi connectivity index (χ2n) is 5.85. The van der Waals surface area contributed by atoms with Gasteiger partial charge in [0.05, 0.1) is 23.9 Å². The summed E-state index contributed by atoms with van der Waals surface area (Å²) >= 11 is 0. The first kappa shape index (κ1) is 15.0. The molecule has 2 rings (SSSR count). The lowest BCUT2D eigenvalue weighted by Gasteiger charge is -2.42. The molecule has 0 bridgehead atoms. The summed E-state index contributed by atoms with van der Waals surface area (Å²) in [4.78, 5) is 13.0. The van der Waals surface area contributed by atoms with Gasteiger partial charge in [-0.05, 0) is 31.5 Å². The number of aromatic carboxylic acids is 1. The largest absolute Gasteiger partial charge is 0.478 e. The van der Waals surface area contributed by atoms with Crippen molar-refractivity contribution in [1.82, 2.24) is 4.90 Å². The van der Waals surface area contributed by atoms with Crippen LogP contribution in [0.4, 0.5) is 0 Å². The zero-order valence-corrected chi connectivity index (χ0v) is 11.9. The average molecular weight is 279 g/mol. The average Bonchev–Trinajstić information content (AvgIpc) is 2.37. The predicted molar refractivity (Wildman–Crippen MR) is 74.7 cm³/mol. The Bertz CT molecular complexity index is 469. The fraction of sp³-hybridized carbons (Fsp3) is 0.533. The summed E-state index contributed by atoms with van der Waals surface area (Å²) in [6.45, 7) is 6.22. The van der Waals surface area contributed by atoms with E-state index in [1.54, 1.807) is 12.1 Å². The highest BCUT2D eigenvalue weighted by Crippen LogP contribution is 2.22. The van der Waals surface area contributed by atoms with Crippen molar-refractivity contribution >= 4 is 5.97 Å². The van der Waals surface area contributed by atoms with E-state index in [0.29, 0.717) is 12.1 Å². The number of ether oxygens (including phenoxy) is 1. The molecule has 1 fully saturated rings. The predicted octanol–water partition coefficient (Wildman–Crippen LogP) is 1.36. The number of nitrogens with zero attached hydrogens (tertiary/aromatic N) is 1. The van der Waals surface area contributed by atoms with Gasteiger partial charge in [-0.1, -0.05) is 12.1 Å². The minimum atomic E-state index is -0.913. The molecular weight excluding hydrogens is 258 g/mol. The summed E-state index contributed by atoms with van der Waals surface area (Å²) in [6, 6.07) is 6.90. The Morgan fingerprint density at radius 2 is 2.05 bits per heavy atom. The second kappa shape index (κ2) is 5.91. The van der Waals surface area contributed by atoms with Crippen LogP contribution >= 0.6 is 0 Å². The SMILES string of the molecule is CC1(C)CN(Cc2ccc(C(=O)O)cc2)CC(CO)O1. The van der Waals surface area contributed by atoms with Crippen LogP contribution in [-0.4, -0.2) is 52.5 Å². The minimum Gasteiger partial charge on any atom is -0.478 e. The van der Waals surface area contributed by atoms with E-state index in [1.807, 2.05) is 26.0 Å². The molecular formula is C15H21NO4. The van der Waals surface area contributed by atoms with Gasteiger partial charge < -0.3 is 14.9 Å². The molecule has 20 heavy (non-hydrogen) atoms. The topological polar surface area (TPSA) is 70.0 Å². The Hall–Kier alpha value is -1.43. The number of carbonyl (C=O) groups is 1. The van der Waals surface area contributed by atoms with Crippen LogP contribution in [0, 0.1) is 0 Å². The number of hydrogen-bond acceptors (Lipinski definition) is 4. The van der Waals surface area contributed by atoms with Gasteiger partial charge in [-0.25, -0.2) is 4.79 Å². The van der Waals surface area contributed by atoms with E-state index in [2.05, 4.69) is 4.90 Å². The molecule has 110 valence electrons. The van der Waals surface area contributed by atoms with Crippen LogP contribution in [0.2, 0.25) is 0 Å². The zero-order chi connectivity index (χ0) is 14.8.